The van der Waals surface area contributed by atoms with Gasteiger partial charge in [-0.05, 0) is 30.8 Å². The summed E-state index contributed by atoms with van der Waals surface area (Å²) in [6, 6.07) is 7.09. The van der Waals surface area contributed by atoms with Crippen molar-refractivity contribution in [3.63, 3.8) is 0 Å². The first-order valence-electron chi connectivity index (χ1n) is 5.44. The molecule has 0 aliphatic heterocycles. The van der Waals surface area contributed by atoms with E-state index in [1.54, 1.807) is 29.2 Å². The van der Waals surface area contributed by atoms with Gasteiger partial charge < -0.3 is 9.84 Å². The lowest BCUT2D eigenvalue weighted by atomic mass is 10.3. The summed E-state index contributed by atoms with van der Waals surface area (Å²) >= 11 is 5.75. The summed E-state index contributed by atoms with van der Waals surface area (Å²) < 4.78 is 5.48. The Morgan fingerprint density at radius 1 is 1.41 bits per heavy atom. The lowest BCUT2D eigenvalue weighted by Crippen LogP contribution is -2.33. The number of benzene rings is 1. The number of nitrogens with zero attached hydrogens (tertiary/aromatic N) is 1. The monoisotopic (exact) mass is 257 g/mol. The molecule has 0 saturated carbocycles. The highest BCUT2D eigenvalue weighted by Crippen LogP contribution is 2.15. The standard InChI is InChI=1S/C12H16ClNO3/c1-2-14(9-12(15)16)7-8-17-11-5-3-10(13)4-6-11/h3-6H,2,7-9H2,1H3,(H,15,16). The zero-order chi connectivity index (χ0) is 12.7. The Morgan fingerprint density at radius 3 is 2.59 bits per heavy atom. The number of ether oxygens (including phenoxy) is 1. The zero-order valence-corrected chi connectivity index (χ0v) is 10.5. The van der Waals surface area contributed by atoms with Gasteiger partial charge in [0.15, 0.2) is 0 Å². The van der Waals surface area contributed by atoms with E-state index in [0.29, 0.717) is 24.7 Å². The Hall–Kier alpha value is -1.26. The third kappa shape index (κ3) is 5.56. The van der Waals surface area contributed by atoms with E-state index in [2.05, 4.69) is 0 Å². The highest BCUT2D eigenvalue weighted by molar-refractivity contribution is 6.30. The van der Waals surface area contributed by atoms with Crippen LogP contribution in [0.25, 0.3) is 0 Å². The van der Waals surface area contributed by atoms with E-state index in [4.69, 9.17) is 21.4 Å². The summed E-state index contributed by atoms with van der Waals surface area (Å²) in [4.78, 5) is 12.3. The molecule has 1 rings (SSSR count). The summed E-state index contributed by atoms with van der Waals surface area (Å²) in [7, 11) is 0. The number of carboxylic acid groups (broad SMARTS) is 1. The van der Waals surface area contributed by atoms with Gasteiger partial charge in [0.1, 0.15) is 12.4 Å². The molecule has 0 aromatic heterocycles. The first-order valence-corrected chi connectivity index (χ1v) is 5.82. The lowest BCUT2D eigenvalue weighted by molar-refractivity contribution is -0.138. The van der Waals surface area contributed by atoms with Gasteiger partial charge in [-0.3, -0.25) is 9.69 Å². The molecule has 0 saturated heterocycles. The van der Waals surface area contributed by atoms with Crippen LogP contribution in [0, 0.1) is 0 Å². The molecule has 5 heteroatoms. The highest BCUT2D eigenvalue weighted by Gasteiger charge is 2.06. The second-order valence-corrected chi connectivity index (χ2v) is 4.00. The van der Waals surface area contributed by atoms with Gasteiger partial charge in [0.05, 0.1) is 6.54 Å². The Labute approximate surface area is 106 Å². The maximum atomic E-state index is 10.5. The predicted molar refractivity (Wildman–Crippen MR) is 66.7 cm³/mol. The molecule has 0 radical (unpaired) electrons. The van der Waals surface area contributed by atoms with Crippen LogP contribution in [0.5, 0.6) is 5.75 Å². The largest absolute Gasteiger partial charge is 0.492 e. The Balaban J connectivity index is 2.30. The molecule has 1 aromatic rings. The summed E-state index contributed by atoms with van der Waals surface area (Å²) in [5.74, 6) is -0.0841. The molecule has 0 heterocycles. The molecule has 1 N–H and O–H groups in total. The zero-order valence-electron chi connectivity index (χ0n) is 9.73. The van der Waals surface area contributed by atoms with Gasteiger partial charge in [-0.1, -0.05) is 18.5 Å². The molecule has 0 spiro atoms. The average Bonchev–Trinajstić information content (AvgIpc) is 2.30. The molecule has 0 atom stereocenters. The minimum atomic E-state index is -0.821. The molecule has 94 valence electrons. The molecular formula is C12H16ClNO3. The van der Waals surface area contributed by atoms with E-state index >= 15 is 0 Å². The van der Waals surface area contributed by atoms with Crippen molar-refractivity contribution >= 4 is 17.6 Å². The molecule has 17 heavy (non-hydrogen) atoms. The fourth-order valence-corrected chi connectivity index (χ4v) is 1.49. The summed E-state index contributed by atoms with van der Waals surface area (Å²) in [6.07, 6.45) is 0. The van der Waals surface area contributed by atoms with Gasteiger partial charge in [-0.15, -0.1) is 0 Å². The Bertz CT molecular complexity index is 353. The fourth-order valence-electron chi connectivity index (χ4n) is 1.36. The molecule has 0 unspecified atom stereocenters. The van der Waals surface area contributed by atoms with Gasteiger partial charge in [0, 0.05) is 11.6 Å². The second-order valence-electron chi connectivity index (χ2n) is 3.56. The quantitative estimate of drug-likeness (QED) is 0.813. The van der Waals surface area contributed by atoms with Crippen LogP contribution in [-0.4, -0.2) is 42.2 Å². The minimum Gasteiger partial charge on any atom is -0.492 e. The molecule has 0 aliphatic rings. The number of likely N-dealkylation sites (N-methyl/N-ethyl adjacent to an activating group) is 1. The molecule has 0 bridgehead atoms. The Morgan fingerprint density at radius 2 is 2.06 bits per heavy atom. The number of halogens is 1. The van der Waals surface area contributed by atoms with Crippen molar-refractivity contribution in [3.05, 3.63) is 29.3 Å². The van der Waals surface area contributed by atoms with Gasteiger partial charge in [0.2, 0.25) is 0 Å². The van der Waals surface area contributed by atoms with Crippen LogP contribution in [0.15, 0.2) is 24.3 Å². The van der Waals surface area contributed by atoms with Crippen molar-refractivity contribution in [2.75, 3.05) is 26.2 Å². The fraction of sp³-hybridized carbons (Fsp3) is 0.417. The summed E-state index contributed by atoms with van der Waals surface area (Å²) in [6.45, 7) is 3.70. The van der Waals surface area contributed by atoms with E-state index in [-0.39, 0.29) is 6.54 Å². The van der Waals surface area contributed by atoms with Crippen LogP contribution in [0.2, 0.25) is 5.02 Å². The predicted octanol–water partition coefficient (Wildman–Crippen LogP) is 2.13. The van der Waals surface area contributed by atoms with Crippen LogP contribution < -0.4 is 4.74 Å². The average molecular weight is 258 g/mol. The maximum absolute atomic E-state index is 10.5. The number of aliphatic carboxylic acids is 1. The number of rotatable bonds is 7. The molecule has 4 nitrogen and oxygen atoms in total. The first-order chi connectivity index (χ1) is 8.11. The van der Waals surface area contributed by atoms with Crippen molar-refractivity contribution in [1.82, 2.24) is 4.90 Å². The smallest absolute Gasteiger partial charge is 0.317 e. The number of carbonyl (C=O) groups is 1. The van der Waals surface area contributed by atoms with E-state index in [0.717, 1.165) is 5.75 Å². The van der Waals surface area contributed by atoms with Gasteiger partial charge >= 0.3 is 5.97 Å². The number of hydrogen-bond acceptors (Lipinski definition) is 3. The van der Waals surface area contributed by atoms with Gasteiger partial charge in [0.25, 0.3) is 0 Å². The minimum absolute atomic E-state index is 0.0421. The molecule has 1 aromatic carbocycles. The summed E-state index contributed by atoms with van der Waals surface area (Å²) in [5.41, 5.74) is 0. The van der Waals surface area contributed by atoms with Gasteiger partial charge in [-0.25, -0.2) is 0 Å². The number of carboxylic acids is 1. The van der Waals surface area contributed by atoms with Crippen LogP contribution in [0.3, 0.4) is 0 Å². The topological polar surface area (TPSA) is 49.8 Å². The second kappa shape index (κ2) is 7.14. The SMILES string of the molecule is CCN(CCOc1ccc(Cl)cc1)CC(=O)O. The highest BCUT2D eigenvalue weighted by atomic mass is 35.5. The maximum Gasteiger partial charge on any atom is 0.317 e. The Kier molecular flexibility index (Phi) is 5.80. The van der Waals surface area contributed by atoms with Crippen molar-refractivity contribution in [2.45, 2.75) is 6.92 Å². The van der Waals surface area contributed by atoms with E-state index < -0.39 is 5.97 Å². The third-order valence-corrected chi connectivity index (χ3v) is 2.55. The molecule has 0 amide bonds. The van der Waals surface area contributed by atoms with Gasteiger partial charge in [-0.2, -0.15) is 0 Å². The molecule has 0 aliphatic carbocycles. The third-order valence-electron chi connectivity index (χ3n) is 2.30. The normalized spacial score (nSPS) is 10.5. The summed E-state index contributed by atoms with van der Waals surface area (Å²) in [5, 5.41) is 9.33. The van der Waals surface area contributed by atoms with E-state index in [1.807, 2.05) is 6.92 Å². The van der Waals surface area contributed by atoms with E-state index in [1.165, 1.54) is 0 Å². The van der Waals surface area contributed by atoms with Crippen LogP contribution in [0.4, 0.5) is 0 Å². The molecular weight excluding hydrogens is 242 g/mol. The van der Waals surface area contributed by atoms with Crippen LogP contribution in [-0.2, 0) is 4.79 Å². The van der Waals surface area contributed by atoms with Crippen LogP contribution in [0.1, 0.15) is 6.92 Å². The number of hydrogen-bond donors (Lipinski definition) is 1. The first kappa shape index (κ1) is 13.8. The van der Waals surface area contributed by atoms with Crippen molar-refractivity contribution in [3.8, 4) is 5.75 Å². The van der Waals surface area contributed by atoms with E-state index in [9.17, 15) is 4.79 Å². The molecule has 0 fully saturated rings. The van der Waals surface area contributed by atoms with Crippen molar-refractivity contribution in [1.29, 1.82) is 0 Å². The lowest BCUT2D eigenvalue weighted by Gasteiger charge is -2.17. The van der Waals surface area contributed by atoms with Crippen molar-refractivity contribution in [2.24, 2.45) is 0 Å². The van der Waals surface area contributed by atoms with Crippen LogP contribution >= 0.6 is 11.6 Å². The van der Waals surface area contributed by atoms with Crippen molar-refractivity contribution < 1.29 is 14.6 Å².